The molecule has 3 aromatic rings. The van der Waals surface area contributed by atoms with Gasteiger partial charge in [-0.15, -0.1) is 0 Å². The maximum absolute atomic E-state index is 12.4. The number of fused-ring (bicyclic) bond motifs is 1. The van der Waals surface area contributed by atoms with Crippen LogP contribution >= 0.6 is 15.9 Å². The molecule has 1 N–H and O–H groups in total. The van der Waals surface area contributed by atoms with E-state index in [0.29, 0.717) is 13.0 Å². The SMILES string of the molecule is CN(Cc1c(Br)cnn1C)C(=O)CCc1c[nH]c2ccccc12. The number of aromatic amines is 1. The largest absolute Gasteiger partial charge is 0.361 e. The van der Waals surface area contributed by atoms with Crippen LogP contribution < -0.4 is 0 Å². The minimum Gasteiger partial charge on any atom is -0.361 e. The fourth-order valence-corrected chi connectivity index (χ4v) is 3.17. The van der Waals surface area contributed by atoms with Crippen molar-refractivity contribution in [3.8, 4) is 0 Å². The summed E-state index contributed by atoms with van der Waals surface area (Å²) in [4.78, 5) is 17.4. The van der Waals surface area contributed by atoms with E-state index in [9.17, 15) is 4.79 Å². The van der Waals surface area contributed by atoms with E-state index in [1.54, 1.807) is 15.8 Å². The number of H-pyrrole nitrogens is 1. The molecule has 0 fully saturated rings. The third-order valence-electron chi connectivity index (χ3n) is 4.11. The monoisotopic (exact) mass is 374 g/mol. The average Bonchev–Trinajstić information content (AvgIpc) is 3.10. The first-order valence-electron chi connectivity index (χ1n) is 7.51. The molecule has 0 radical (unpaired) electrons. The van der Waals surface area contributed by atoms with Crippen LogP contribution in [0.1, 0.15) is 17.7 Å². The van der Waals surface area contributed by atoms with Gasteiger partial charge in [0.15, 0.2) is 0 Å². The van der Waals surface area contributed by atoms with Gasteiger partial charge < -0.3 is 9.88 Å². The number of rotatable bonds is 5. The summed E-state index contributed by atoms with van der Waals surface area (Å²) in [5.74, 6) is 0.128. The summed E-state index contributed by atoms with van der Waals surface area (Å²) in [5.41, 5.74) is 3.29. The van der Waals surface area contributed by atoms with Gasteiger partial charge in [0.2, 0.25) is 5.91 Å². The van der Waals surface area contributed by atoms with Crippen LogP contribution in [-0.4, -0.2) is 32.6 Å². The molecule has 2 heterocycles. The molecule has 23 heavy (non-hydrogen) atoms. The Morgan fingerprint density at radius 3 is 2.91 bits per heavy atom. The minimum atomic E-state index is 0.128. The predicted octanol–water partition coefficient (Wildman–Crippen LogP) is 3.26. The maximum atomic E-state index is 12.4. The van der Waals surface area contributed by atoms with Gasteiger partial charge in [0.25, 0.3) is 0 Å². The molecule has 1 amide bonds. The van der Waals surface area contributed by atoms with Gasteiger partial charge in [0.1, 0.15) is 0 Å². The van der Waals surface area contributed by atoms with Gasteiger partial charge in [-0.2, -0.15) is 5.10 Å². The lowest BCUT2D eigenvalue weighted by molar-refractivity contribution is -0.130. The Balaban J connectivity index is 1.63. The first kappa shape index (κ1) is 15.8. The number of para-hydroxylation sites is 1. The van der Waals surface area contributed by atoms with Crippen molar-refractivity contribution in [3.63, 3.8) is 0 Å². The van der Waals surface area contributed by atoms with Crippen molar-refractivity contribution in [2.24, 2.45) is 7.05 Å². The Labute approximate surface area is 143 Å². The van der Waals surface area contributed by atoms with Crippen LogP contribution in [-0.2, 0) is 24.8 Å². The average molecular weight is 375 g/mol. The van der Waals surface area contributed by atoms with Gasteiger partial charge in [-0.25, -0.2) is 0 Å². The highest BCUT2D eigenvalue weighted by Crippen LogP contribution is 2.20. The molecular formula is C17H19BrN4O. The Morgan fingerprint density at radius 1 is 1.39 bits per heavy atom. The number of nitrogens with one attached hydrogen (secondary N) is 1. The molecule has 0 spiro atoms. The second-order valence-corrected chi connectivity index (χ2v) is 6.53. The number of benzene rings is 1. The summed E-state index contributed by atoms with van der Waals surface area (Å²) in [5, 5.41) is 5.37. The summed E-state index contributed by atoms with van der Waals surface area (Å²) in [6.07, 6.45) is 4.98. The van der Waals surface area contributed by atoms with Crippen LogP contribution in [0.25, 0.3) is 10.9 Å². The standard InChI is InChI=1S/C17H19BrN4O/c1-21(11-16-14(18)10-20-22(16)2)17(23)8-7-12-9-19-15-6-4-3-5-13(12)15/h3-6,9-10,19H,7-8,11H2,1-2H3. The van der Waals surface area contributed by atoms with E-state index in [4.69, 9.17) is 0 Å². The topological polar surface area (TPSA) is 53.9 Å². The fraction of sp³-hybridized carbons (Fsp3) is 0.294. The number of hydrogen-bond acceptors (Lipinski definition) is 2. The number of carbonyl (C=O) groups excluding carboxylic acids is 1. The summed E-state index contributed by atoms with van der Waals surface area (Å²) in [6.45, 7) is 0.545. The lowest BCUT2D eigenvalue weighted by Gasteiger charge is -2.17. The first-order valence-corrected chi connectivity index (χ1v) is 8.31. The number of nitrogens with zero attached hydrogens (tertiary/aromatic N) is 3. The van der Waals surface area contributed by atoms with E-state index in [2.05, 4.69) is 32.1 Å². The summed E-state index contributed by atoms with van der Waals surface area (Å²) >= 11 is 3.47. The van der Waals surface area contributed by atoms with Crippen LogP contribution in [0, 0.1) is 0 Å². The van der Waals surface area contributed by atoms with Crippen molar-refractivity contribution in [3.05, 3.63) is 52.4 Å². The highest BCUT2D eigenvalue weighted by molar-refractivity contribution is 9.10. The Kier molecular flexibility index (Phi) is 4.52. The second-order valence-electron chi connectivity index (χ2n) is 5.67. The highest BCUT2D eigenvalue weighted by atomic mass is 79.9. The Morgan fingerprint density at radius 2 is 2.17 bits per heavy atom. The van der Waals surface area contributed by atoms with Crippen LogP contribution in [0.15, 0.2) is 41.1 Å². The summed E-state index contributed by atoms with van der Waals surface area (Å²) < 4.78 is 2.71. The van der Waals surface area contributed by atoms with Crippen LogP contribution in [0.3, 0.4) is 0 Å². The third kappa shape index (κ3) is 3.32. The van der Waals surface area contributed by atoms with Crippen molar-refractivity contribution < 1.29 is 4.79 Å². The van der Waals surface area contributed by atoms with Crippen molar-refractivity contribution in [2.45, 2.75) is 19.4 Å². The Hall–Kier alpha value is -2.08. The van der Waals surface area contributed by atoms with Crippen LogP contribution in [0.5, 0.6) is 0 Å². The van der Waals surface area contributed by atoms with Gasteiger partial charge in [-0.3, -0.25) is 9.48 Å². The zero-order chi connectivity index (χ0) is 16.4. The number of halogens is 1. The van der Waals surface area contributed by atoms with Gasteiger partial charge in [0.05, 0.1) is 22.9 Å². The zero-order valence-electron chi connectivity index (χ0n) is 13.2. The predicted molar refractivity (Wildman–Crippen MR) is 94.0 cm³/mol. The smallest absolute Gasteiger partial charge is 0.222 e. The lowest BCUT2D eigenvalue weighted by atomic mass is 10.1. The number of carbonyl (C=O) groups is 1. The molecule has 2 aromatic heterocycles. The molecule has 0 saturated carbocycles. The molecule has 1 aromatic carbocycles. The Bertz CT molecular complexity index is 817. The molecule has 5 nitrogen and oxygen atoms in total. The summed E-state index contributed by atoms with van der Waals surface area (Å²) in [7, 11) is 3.71. The quantitative estimate of drug-likeness (QED) is 0.744. The van der Waals surface area contributed by atoms with Gasteiger partial charge >= 0.3 is 0 Å². The van der Waals surface area contributed by atoms with Crippen LogP contribution in [0.2, 0.25) is 0 Å². The van der Waals surface area contributed by atoms with E-state index < -0.39 is 0 Å². The number of aryl methyl sites for hydroxylation is 2. The molecule has 0 aliphatic rings. The first-order chi connectivity index (χ1) is 11.1. The van der Waals surface area contributed by atoms with Gasteiger partial charge in [-0.1, -0.05) is 18.2 Å². The molecule has 0 saturated heterocycles. The number of amides is 1. The van der Waals surface area contributed by atoms with Crippen molar-refractivity contribution in [1.82, 2.24) is 19.7 Å². The molecule has 0 unspecified atom stereocenters. The lowest BCUT2D eigenvalue weighted by Crippen LogP contribution is -2.27. The van der Waals surface area contributed by atoms with E-state index in [-0.39, 0.29) is 5.91 Å². The van der Waals surface area contributed by atoms with E-state index in [0.717, 1.165) is 22.1 Å². The maximum Gasteiger partial charge on any atom is 0.222 e. The minimum absolute atomic E-state index is 0.128. The molecule has 120 valence electrons. The van der Waals surface area contributed by atoms with Crippen molar-refractivity contribution in [2.75, 3.05) is 7.05 Å². The molecule has 0 aliphatic heterocycles. The van der Waals surface area contributed by atoms with E-state index in [1.807, 2.05) is 38.5 Å². The third-order valence-corrected chi connectivity index (χ3v) is 4.77. The molecule has 0 bridgehead atoms. The molecular weight excluding hydrogens is 356 g/mol. The normalized spacial score (nSPS) is 11.1. The van der Waals surface area contributed by atoms with Crippen molar-refractivity contribution in [1.29, 1.82) is 0 Å². The zero-order valence-corrected chi connectivity index (χ0v) is 14.8. The van der Waals surface area contributed by atoms with Gasteiger partial charge in [-0.05, 0) is 34.0 Å². The molecule has 3 rings (SSSR count). The fourth-order valence-electron chi connectivity index (χ4n) is 2.70. The van der Waals surface area contributed by atoms with E-state index >= 15 is 0 Å². The second kappa shape index (κ2) is 6.58. The highest BCUT2D eigenvalue weighted by Gasteiger charge is 2.14. The number of aromatic nitrogens is 3. The van der Waals surface area contributed by atoms with Crippen LogP contribution in [0.4, 0.5) is 0 Å². The summed E-state index contributed by atoms with van der Waals surface area (Å²) in [6, 6.07) is 8.16. The molecule has 0 atom stereocenters. The van der Waals surface area contributed by atoms with Gasteiger partial charge in [0, 0.05) is 37.6 Å². The molecule has 6 heteroatoms. The van der Waals surface area contributed by atoms with E-state index in [1.165, 1.54) is 10.9 Å². The number of hydrogen-bond donors (Lipinski definition) is 1. The molecule has 0 aliphatic carbocycles. The van der Waals surface area contributed by atoms with Crippen molar-refractivity contribution >= 4 is 32.7 Å².